The van der Waals surface area contributed by atoms with Crippen molar-refractivity contribution >= 4 is 0 Å². The monoisotopic (exact) mass is 328 g/mol. The molecule has 0 atom stereocenters. The average molecular weight is 328 g/mol. The Morgan fingerprint density at radius 2 is 1.12 bits per heavy atom. The Bertz CT molecular complexity index is 473. The van der Waals surface area contributed by atoms with Gasteiger partial charge in [-0.15, -0.1) is 0 Å². The van der Waals surface area contributed by atoms with E-state index in [9.17, 15) is 5.11 Å². The van der Waals surface area contributed by atoms with Gasteiger partial charge in [0.15, 0.2) is 0 Å². The van der Waals surface area contributed by atoms with E-state index in [1.807, 2.05) is 67.6 Å². The molecule has 0 amide bonds. The van der Waals surface area contributed by atoms with Crippen molar-refractivity contribution in [2.24, 2.45) is 0 Å². The van der Waals surface area contributed by atoms with Crippen LogP contribution < -0.4 is 0 Å². The lowest BCUT2D eigenvalue weighted by atomic mass is 9.88. The van der Waals surface area contributed by atoms with Crippen molar-refractivity contribution in [2.45, 2.75) is 52.1 Å². The third-order valence-corrected chi connectivity index (χ3v) is 3.96. The fraction of sp³-hybridized carbons (Fsp3) is 0.455. The molecule has 132 valence electrons. The van der Waals surface area contributed by atoms with E-state index >= 15 is 0 Å². The summed E-state index contributed by atoms with van der Waals surface area (Å²) in [6.07, 6.45) is 4.91. The fourth-order valence-electron chi connectivity index (χ4n) is 2.29. The van der Waals surface area contributed by atoms with Crippen molar-refractivity contribution in [3.05, 3.63) is 71.8 Å². The Balaban J connectivity index is 0.000000277. The molecule has 1 N–H and O–H groups in total. The van der Waals surface area contributed by atoms with Crippen LogP contribution in [-0.2, 0) is 10.3 Å². The van der Waals surface area contributed by atoms with E-state index in [-0.39, 0.29) is 0 Å². The number of hydrogen-bond acceptors (Lipinski definition) is 2. The predicted molar refractivity (Wildman–Crippen MR) is 102 cm³/mol. The van der Waals surface area contributed by atoms with Crippen LogP contribution in [0.3, 0.4) is 0 Å². The highest BCUT2D eigenvalue weighted by Crippen LogP contribution is 2.28. The van der Waals surface area contributed by atoms with Gasteiger partial charge in [0.2, 0.25) is 0 Å². The molecule has 0 aromatic heterocycles. The van der Waals surface area contributed by atoms with Crippen LogP contribution in [0.1, 0.15) is 57.6 Å². The van der Waals surface area contributed by atoms with E-state index in [0.29, 0.717) is 0 Å². The molecular formula is C22H32O2. The molecule has 24 heavy (non-hydrogen) atoms. The van der Waals surface area contributed by atoms with Gasteiger partial charge in [0.05, 0.1) is 0 Å². The quantitative estimate of drug-likeness (QED) is 0.644. The Kier molecular flexibility index (Phi) is 10.1. The van der Waals surface area contributed by atoms with Gasteiger partial charge in [-0.1, -0.05) is 87.4 Å². The lowest BCUT2D eigenvalue weighted by Crippen LogP contribution is -2.22. The minimum atomic E-state index is -0.914. The Morgan fingerprint density at radius 3 is 1.46 bits per heavy atom. The molecule has 0 spiro atoms. The van der Waals surface area contributed by atoms with Crippen molar-refractivity contribution in [3.63, 3.8) is 0 Å². The zero-order valence-electron chi connectivity index (χ0n) is 15.4. The maximum Gasteiger partial charge on any atom is 0.112 e. The van der Waals surface area contributed by atoms with E-state index in [1.165, 1.54) is 25.7 Å². The molecule has 0 saturated heterocycles. The molecule has 0 unspecified atom stereocenters. The molecule has 0 bridgehead atoms. The molecule has 2 aromatic carbocycles. The number of rotatable bonds is 8. The van der Waals surface area contributed by atoms with Crippen LogP contribution in [-0.4, -0.2) is 18.3 Å². The molecule has 0 aliphatic carbocycles. The van der Waals surface area contributed by atoms with Crippen LogP contribution in [0.2, 0.25) is 0 Å². The second-order valence-corrected chi connectivity index (χ2v) is 6.12. The highest BCUT2D eigenvalue weighted by Gasteiger charge is 2.24. The maximum atomic E-state index is 10.5. The number of aliphatic hydroxyl groups is 1. The first-order chi connectivity index (χ1) is 11.6. The molecule has 0 fully saturated rings. The Hall–Kier alpha value is -1.64. The first kappa shape index (κ1) is 20.4. The van der Waals surface area contributed by atoms with Crippen molar-refractivity contribution in [3.8, 4) is 0 Å². The number of unbranched alkanes of at least 4 members (excludes halogenated alkanes) is 2. The molecule has 2 nitrogen and oxygen atoms in total. The van der Waals surface area contributed by atoms with Crippen LogP contribution in [0.25, 0.3) is 0 Å². The summed E-state index contributed by atoms with van der Waals surface area (Å²) in [7, 11) is 0. The highest BCUT2D eigenvalue weighted by atomic mass is 16.5. The summed E-state index contributed by atoms with van der Waals surface area (Å²) in [5, 5.41) is 10.5. The summed E-state index contributed by atoms with van der Waals surface area (Å²) < 4.78 is 5.31. The fourth-order valence-corrected chi connectivity index (χ4v) is 2.29. The Labute approximate surface area is 147 Å². The third-order valence-electron chi connectivity index (χ3n) is 3.96. The third kappa shape index (κ3) is 7.29. The van der Waals surface area contributed by atoms with E-state index in [4.69, 9.17) is 4.74 Å². The van der Waals surface area contributed by atoms with E-state index in [0.717, 1.165) is 24.3 Å². The number of ether oxygens (including phenoxy) is 1. The zero-order chi connectivity index (χ0) is 17.7. The summed E-state index contributed by atoms with van der Waals surface area (Å²) in [4.78, 5) is 0. The molecule has 2 heteroatoms. The van der Waals surface area contributed by atoms with Crippen LogP contribution in [0, 0.1) is 0 Å². The molecular weight excluding hydrogens is 296 g/mol. The Morgan fingerprint density at radius 1 is 0.750 bits per heavy atom. The first-order valence-electron chi connectivity index (χ1n) is 9.04. The van der Waals surface area contributed by atoms with Crippen molar-refractivity contribution < 1.29 is 9.84 Å². The maximum absolute atomic E-state index is 10.5. The predicted octanol–water partition coefficient (Wildman–Crippen LogP) is 5.55. The van der Waals surface area contributed by atoms with Gasteiger partial charge in [-0.05, 0) is 30.9 Å². The van der Waals surface area contributed by atoms with Gasteiger partial charge < -0.3 is 9.84 Å². The molecule has 0 saturated carbocycles. The molecule has 0 aliphatic rings. The minimum absolute atomic E-state index is 0.913. The molecule has 0 aliphatic heterocycles. The van der Waals surface area contributed by atoms with Crippen LogP contribution in [0.5, 0.6) is 0 Å². The second-order valence-electron chi connectivity index (χ2n) is 6.12. The molecule has 2 rings (SSSR count). The highest BCUT2D eigenvalue weighted by molar-refractivity contribution is 5.34. The van der Waals surface area contributed by atoms with E-state index in [1.54, 1.807) is 0 Å². The van der Waals surface area contributed by atoms with Crippen molar-refractivity contribution in [1.82, 2.24) is 0 Å². The average Bonchev–Trinajstić information content (AvgIpc) is 2.64. The van der Waals surface area contributed by atoms with Gasteiger partial charge >= 0.3 is 0 Å². The SMILES string of the molecule is CC(O)(c1ccccc1)c1ccccc1.CCCCOCCCC. The molecule has 0 radical (unpaired) electrons. The molecule has 0 heterocycles. The summed E-state index contributed by atoms with van der Waals surface area (Å²) in [6.45, 7) is 8.09. The van der Waals surface area contributed by atoms with Crippen molar-refractivity contribution in [2.75, 3.05) is 13.2 Å². The largest absolute Gasteiger partial charge is 0.381 e. The number of benzene rings is 2. The second kappa shape index (κ2) is 11.8. The van der Waals surface area contributed by atoms with Gasteiger partial charge in [-0.2, -0.15) is 0 Å². The molecule has 2 aromatic rings. The summed E-state index contributed by atoms with van der Waals surface area (Å²) in [5.41, 5.74) is 0.912. The summed E-state index contributed by atoms with van der Waals surface area (Å²) in [5.74, 6) is 0. The van der Waals surface area contributed by atoms with Gasteiger partial charge in [-0.3, -0.25) is 0 Å². The van der Waals surface area contributed by atoms with Gasteiger partial charge in [0, 0.05) is 13.2 Å². The summed E-state index contributed by atoms with van der Waals surface area (Å²) >= 11 is 0. The van der Waals surface area contributed by atoms with Crippen LogP contribution >= 0.6 is 0 Å². The number of hydrogen-bond donors (Lipinski definition) is 1. The van der Waals surface area contributed by atoms with Crippen LogP contribution in [0.15, 0.2) is 60.7 Å². The van der Waals surface area contributed by atoms with Crippen LogP contribution in [0.4, 0.5) is 0 Å². The van der Waals surface area contributed by atoms with E-state index < -0.39 is 5.60 Å². The van der Waals surface area contributed by atoms with Crippen molar-refractivity contribution in [1.29, 1.82) is 0 Å². The zero-order valence-corrected chi connectivity index (χ0v) is 15.4. The van der Waals surface area contributed by atoms with Gasteiger partial charge in [0.1, 0.15) is 5.60 Å². The standard InChI is InChI=1S/C14H14O.C8H18O/c1-14(15,12-8-4-2-5-9-12)13-10-6-3-7-11-13;1-3-5-7-9-8-6-4-2/h2-11,15H,1H3;3-8H2,1-2H3. The first-order valence-corrected chi connectivity index (χ1v) is 9.04. The normalized spacial score (nSPS) is 10.8. The topological polar surface area (TPSA) is 29.5 Å². The minimum Gasteiger partial charge on any atom is -0.381 e. The lowest BCUT2D eigenvalue weighted by Gasteiger charge is -2.24. The smallest absolute Gasteiger partial charge is 0.112 e. The summed E-state index contributed by atoms with van der Waals surface area (Å²) in [6, 6.07) is 19.4. The van der Waals surface area contributed by atoms with Gasteiger partial charge in [0.25, 0.3) is 0 Å². The van der Waals surface area contributed by atoms with Gasteiger partial charge in [-0.25, -0.2) is 0 Å². The lowest BCUT2D eigenvalue weighted by molar-refractivity contribution is 0.102. The van der Waals surface area contributed by atoms with E-state index in [2.05, 4.69) is 13.8 Å².